The van der Waals surface area contributed by atoms with E-state index < -0.39 is 37.6 Å². The Labute approximate surface area is 87.9 Å². The Hall–Kier alpha value is -0.990. The van der Waals surface area contributed by atoms with E-state index in [4.69, 9.17) is 11.6 Å². The third-order valence-electron chi connectivity index (χ3n) is 1.51. The number of primary sulfonamides is 1. The lowest BCUT2D eigenvalue weighted by Crippen LogP contribution is -2.24. The fourth-order valence-corrected chi connectivity index (χ4v) is 1.77. The molecule has 0 atom stereocenters. The summed E-state index contributed by atoms with van der Waals surface area (Å²) in [7, 11) is -4.27. The number of hydrogen-bond donors (Lipinski definition) is 2. The van der Waals surface area contributed by atoms with E-state index in [1.165, 1.54) is 0 Å². The van der Waals surface area contributed by atoms with Crippen LogP contribution < -0.4 is 10.7 Å². The highest BCUT2D eigenvalue weighted by atomic mass is 35.5. The summed E-state index contributed by atoms with van der Waals surface area (Å²) in [5.74, 6) is 0. The lowest BCUT2D eigenvalue weighted by molar-refractivity contribution is 0.145. The summed E-state index contributed by atoms with van der Waals surface area (Å²) in [6.07, 6.45) is -3.00. The first-order valence-corrected chi connectivity index (χ1v) is 5.39. The fourth-order valence-electron chi connectivity index (χ4n) is 0.872. The molecule has 0 saturated carbocycles. The SMILES string of the molecule is NS(=O)(=O)c1cc(Cl)c(C(F)F)[nH]c1=O. The maximum Gasteiger partial charge on any atom is 0.279 e. The molecule has 0 fully saturated rings. The number of sulfonamides is 1. The number of aromatic amines is 1. The molecule has 0 spiro atoms. The van der Waals surface area contributed by atoms with Gasteiger partial charge in [0, 0.05) is 0 Å². The van der Waals surface area contributed by atoms with Gasteiger partial charge in [0.1, 0.15) is 10.6 Å². The standard InChI is InChI=1S/C6H5ClF2N2O3S/c7-2-1-3(15(10,13)14)6(12)11-4(2)5(8)9/h1,5H,(H,11,12)(H2,10,13,14). The normalized spacial score (nSPS) is 12.1. The monoisotopic (exact) mass is 258 g/mol. The van der Waals surface area contributed by atoms with Crippen LogP contribution in [0.15, 0.2) is 15.8 Å². The Bertz CT molecular complexity index is 540. The van der Waals surface area contributed by atoms with Crippen molar-refractivity contribution in [2.75, 3.05) is 0 Å². The van der Waals surface area contributed by atoms with Crippen LogP contribution >= 0.6 is 11.6 Å². The Balaban J connectivity index is 3.53. The van der Waals surface area contributed by atoms with Crippen LogP contribution in [-0.4, -0.2) is 13.4 Å². The Morgan fingerprint density at radius 3 is 2.40 bits per heavy atom. The average molecular weight is 259 g/mol. The average Bonchev–Trinajstić information content (AvgIpc) is 2.06. The molecule has 0 radical (unpaired) electrons. The van der Waals surface area contributed by atoms with Gasteiger partial charge < -0.3 is 4.98 Å². The molecule has 0 aliphatic rings. The van der Waals surface area contributed by atoms with Crippen molar-refractivity contribution >= 4 is 21.6 Å². The van der Waals surface area contributed by atoms with Crippen LogP contribution in [0.1, 0.15) is 12.1 Å². The first kappa shape index (κ1) is 12.1. The van der Waals surface area contributed by atoms with Crippen LogP contribution in [0.25, 0.3) is 0 Å². The van der Waals surface area contributed by atoms with Crippen molar-refractivity contribution in [3.05, 3.63) is 27.1 Å². The molecule has 1 rings (SSSR count). The number of aromatic nitrogens is 1. The molecule has 15 heavy (non-hydrogen) atoms. The molecule has 5 nitrogen and oxygen atoms in total. The molecule has 0 aliphatic heterocycles. The Morgan fingerprint density at radius 2 is 2.00 bits per heavy atom. The summed E-state index contributed by atoms with van der Waals surface area (Å²) in [6.45, 7) is 0. The topological polar surface area (TPSA) is 93.0 Å². The van der Waals surface area contributed by atoms with Gasteiger partial charge in [0.2, 0.25) is 10.0 Å². The molecule has 1 aromatic rings. The number of halogens is 3. The zero-order valence-corrected chi connectivity index (χ0v) is 8.57. The van der Waals surface area contributed by atoms with Gasteiger partial charge in [0.05, 0.1) is 5.02 Å². The van der Waals surface area contributed by atoms with Gasteiger partial charge in [-0.05, 0) is 6.07 Å². The van der Waals surface area contributed by atoms with Gasteiger partial charge in [0.25, 0.3) is 12.0 Å². The van der Waals surface area contributed by atoms with Gasteiger partial charge in [-0.3, -0.25) is 4.79 Å². The van der Waals surface area contributed by atoms with Crippen molar-refractivity contribution < 1.29 is 17.2 Å². The van der Waals surface area contributed by atoms with E-state index in [1.807, 2.05) is 0 Å². The highest BCUT2D eigenvalue weighted by molar-refractivity contribution is 7.89. The van der Waals surface area contributed by atoms with Crippen molar-refractivity contribution in [2.24, 2.45) is 5.14 Å². The van der Waals surface area contributed by atoms with Gasteiger partial charge in [-0.1, -0.05) is 11.6 Å². The van der Waals surface area contributed by atoms with Crippen LogP contribution in [0, 0.1) is 0 Å². The lowest BCUT2D eigenvalue weighted by atomic mass is 10.3. The number of pyridine rings is 1. The summed E-state index contributed by atoms with van der Waals surface area (Å²) in [6, 6.07) is 0.594. The number of alkyl halides is 2. The zero-order valence-electron chi connectivity index (χ0n) is 7.00. The van der Waals surface area contributed by atoms with Gasteiger partial charge >= 0.3 is 0 Å². The molecule has 0 aliphatic carbocycles. The van der Waals surface area contributed by atoms with Gasteiger partial charge in [-0.2, -0.15) is 0 Å². The summed E-state index contributed by atoms with van der Waals surface area (Å²) in [5, 5.41) is 4.10. The van der Waals surface area contributed by atoms with Crippen molar-refractivity contribution in [1.29, 1.82) is 0 Å². The molecule has 0 bridgehead atoms. The van der Waals surface area contributed by atoms with E-state index in [-0.39, 0.29) is 0 Å². The van der Waals surface area contributed by atoms with Crippen molar-refractivity contribution in [3.8, 4) is 0 Å². The maximum absolute atomic E-state index is 12.2. The third kappa shape index (κ3) is 2.52. The second kappa shape index (κ2) is 3.87. The number of nitrogens with two attached hydrogens (primary N) is 1. The number of nitrogens with one attached hydrogen (secondary N) is 1. The molecule has 84 valence electrons. The minimum Gasteiger partial charge on any atom is -0.319 e. The molecule has 0 amide bonds. The van der Waals surface area contributed by atoms with Crippen molar-refractivity contribution in [1.82, 2.24) is 4.98 Å². The predicted octanol–water partition coefficient (Wildman–Crippen LogP) is 0.613. The first-order valence-electron chi connectivity index (χ1n) is 3.47. The molecule has 9 heteroatoms. The molecular formula is C6H5ClF2N2O3S. The molecule has 1 aromatic heterocycles. The van der Waals surface area contributed by atoms with Crippen LogP contribution in [0.2, 0.25) is 5.02 Å². The molecule has 1 heterocycles. The third-order valence-corrected chi connectivity index (χ3v) is 2.74. The minimum atomic E-state index is -4.27. The van der Waals surface area contributed by atoms with E-state index in [9.17, 15) is 22.0 Å². The second-order valence-electron chi connectivity index (χ2n) is 2.57. The quantitative estimate of drug-likeness (QED) is 0.814. The molecule has 3 N–H and O–H groups in total. The predicted molar refractivity (Wildman–Crippen MR) is 48.4 cm³/mol. The largest absolute Gasteiger partial charge is 0.319 e. The lowest BCUT2D eigenvalue weighted by Gasteiger charge is -2.04. The number of hydrogen-bond acceptors (Lipinski definition) is 3. The Kier molecular flexibility index (Phi) is 3.12. The highest BCUT2D eigenvalue weighted by Crippen LogP contribution is 2.24. The zero-order chi connectivity index (χ0) is 11.8. The van der Waals surface area contributed by atoms with Crippen LogP contribution in [-0.2, 0) is 10.0 Å². The second-order valence-corrected chi connectivity index (χ2v) is 4.51. The van der Waals surface area contributed by atoms with E-state index in [0.717, 1.165) is 0 Å². The number of rotatable bonds is 2. The van der Waals surface area contributed by atoms with Gasteiger partial charge in [-0.15, -0.1) is 0 Å². The smallest absolute Gasteiger partial charge is 0.279 e. The van der Waals surface area contributed by atoms with Gasteiger partial charge in [-0.25, -0.2) is 22.3 Å². The van der Waals surface area contributed by atoms with E-state index in [1.54, 1.807) is 4.98 Å². The Morgan fingerprint density at radius 1 is 1.47 bits per heavy atom. The summed E-state index contributed by atoms with van der Waals surface area (Å²) < 4.78 is 46.0. The van der Waals surface area contributed by atoms with Crippen LogP contribution in [0.4, 0.5) is 8.78 Å². The first-order chi connectivity index (χ1) is 6.73. The highest BCUT2D eigenvalue weighted by Gasteiger charge is 2.20. The van der Waals surface area contributed by atoms with E-state index >= 15 is 0 Å². The van der Waals surface area contributed by atoms with E-state index in [2.05, 4.69) is 5.14 Å². The molecule has 0 saturated heterocycles. The van der Waals surface area contributed by atoms with Crippen molar-refractivity contribution in [2.45, 2.75) is 11.3 Å². The summed E-state index contributed by atoms with van der Waals surface area (Å²) in [5.41, 5.74) is -2.06. The summed E-state index contributed by atoms with van der Waals surface area (Å²) >= 11 is 5.33. The molecule has 0 aromatic carbocycles. The van der Waals surface area contributed by atoms with Crippen LogP contribution in [0.5, 0.6) is 0 Å². The summed E-state index contributed by atoms with van der Waals surface area (Å²) in [4.78, 5) is 11.8. The van der Waals surface area contributed by atoms with Crippen molar-refractivity contribution in [3.63, 3.8) is 0 Å². The minimum absolute atomic E-state index is 0.561. The van der Waals surface area contributed by atoms with E-state index in [0.29, 0.717) is 6.07 Å². The van der Waals surface area contributed by atoms with Crippen LogP contribution in [0.3, 0.4) is 0 Å². The fraction of sp³-hybridized carbons (Fsp3) is 0.167. The van der Waals surface area contributed by atoms with Gasteiger partial charge in [0.15, 0.2) is 0 Å². The maximum atomic E-state index is 12.2. The molecule has 0 unspecified atom stereocenters. The molecular weight excluding hydrogens is 254 g/mol. The number of H-pyrrole nitrogens is 1.